The van der Waals surface area contributed by atoms with Gasteiger partial charge in [0.1, 0.15) is 5.75 Å². The van der Waals surface area contributed by atoms with E-state index in [9.17, 15) is 9.90 Å². The largest absolute Gasteiger partial charge is 0.507 e. The Hall–Kier alpha value is -2.03. The maximum Gasteiger partial charge on any atom is 0.255 e. The van der Waals surface area contributed by atoms with Crippen LogP contribution < -0.4 is 5.32 Å². The minimum absolute atomic E-state index is 0.0281. The lowest BCUT2D eigenvalue weighted by Gasteiger charge is -2.11. The molecule has 0 bridgehead atoms. The van der Waals surface area contributed by atoms with Crippen LogP contribution in [0.4, 0.5) is 0 Å². The molecule has 0 aromatic heterocycles. The van der Waals surface area contributed by atoms with Crippen LogP contribution in [0.5, 0.6) is 5.75 Å². The van der Waals surface area contributed by atoms with Gasteiger partial charge in [0.2, 0.25) is 0 Å². The summed E-state index contributed by atoms with van der Waals surface area (Å²) in [4.78, 5) is 12.1. The molecule has 2 aromatic rings. The summed E-state index contributed by atoms with van der Waals surface area (Å²) in [7, 11) is 0. The van der Waals surface area contributed by atoms with Crippen molar-refractivity contribution in [1.82, 2.24) is 5.32 Å². The van der Waals surface area contributed by atoms with Crippen LogP contribution in [0.1, 0.15) is 30.6 Å². The Balaban J connectivity index is 2.24. The fraction of sp³-hybridized carbons (Fsp3) is 0.312. The molecule has 2 rings (SSSR count). The molecule has 1 atom stereocenters. The first kappa shape index (κ1) is 13.4. The Morgan fingerprint density at radius 2 is 1.89 bits per heavy atom. The highest BCUT2D eigenvalue weighted by atomic mass is 16.3. The second kappa shape index (κ2) is 5.74. The van der Waals surface area contributed by atoms with E-state index in [1.54, 1.807) is 12.1 Å². The molecular formula is C16H19NO2. The zero-order valence-corrected chi connectivity index (χ0v) is 11.3. The van der Waals surface area contributed by atoms with Crippen LogP contribution in [-0.4, -0.2) is 17.6 Å². The zero-order chi connectivity index (χ0) is 13.8. The molecule has 0 radical (unpaired) electrons. The quantitative estimate of drug-likeness (QED) is 0.882. The van der Waals surface area contributed by atoms with Gasteiger partial charge in [0.25, 0.3) is 5.91 Å². The van der Waals surface area contributed by atoms with Crippen LogP contribution >= 0.6 is 0 Å². The maximum absolute atomic E-state index is 12.1. The lowest BCUT2D eigenvalue weighted by atomic mass is 10.0. The van der Waals surface area contributed by atoms with Crippen LogP contribution in [0.3, 0.4) is 0 Å². The topological polar surface area (TPSA) is 49.3 Å². The number of fused-ring (bicyclic) bond motifs is 1. The number of aromatic hydroxyl groups is 1. The minimum atomic E-state index is -0.219. The molecule has 1 amide bonds. The summed E-state index contributed by atoms with van der Waals surface area (Å²) >= 11 is 0. The Morgan fingerprint density at radius 3 is 2.53 bits per heavy atom. The van der Waals surface area contributed by atoms with Gasteiger partial charge in [0.05, 0.1) is 5.56 Å². The number of amides is 1. The van der Waals surface area contributed by atoms with Crippen molar-refractivity contribution >= 4 is 16.7 Å². The summed E-state index contributed by atoms with van der Waals surface area (Å²) in [6.07, 6.45) is 1.02. The highest BCUT2D eigenvalue weighted by molar-refractivity contribution is 6.01. The number of phenolic OH excluding ortho intramolecular Hbond substituents is 1. The summed E-state index contributed by atoms with van der Waals surface area (Å²) in [5.74, 6) is 0.246. The first-order valence-electron chi connectivity index (χ1n) is 6.61. The predicted octanol–water partition coefficient (Wildman–Crippen LogP) is 3.32. The van der Waals surface area contributed by atoms with E-state index in [0.717, 1.165) is 17.2 Å². The average molecular weight is 257 g/mol. The van der Waals surface area contributed by atoms with Crippen molar-refractivity contribution in [3.05, 3.63) is 42.0 Å². The third kappa shape index (κ3) is 3.05. The average Bonchev–Trinajstić information content (AvgIpc) is 2.43. The first-order chi connectivity index (χ1) is 9.11. The van der Waals surface area contributed by atoms with Gasteiger partial charge in [-0.25, -0.2) is 0 Å². The lowest BCUT2D eigenvalue weighted by molar-refractivity contribution is 0.0945. The third-order valence-corrected chi connectivity index (χ3v) is 3.42. The van der Waals surface area contributed by atoms with Gasteiger partial charge >= 0.3 is 0 Å². The second-order valence-corrected chi connectivity index (χ2v) is 4.94. The van der Waals surface area contributed by atoms with Crippen molar-refractivity contribution in [3.8, 4) is 5.75 Å². The van der Waals surface area contributed by atoms with E-state index in [1.165, 1.54) is 0 Å². The van der Waals surface area contributed by atoms with Gasteiger partial charge in [-0.3, -0.25) is 4.79 Å². The second-order valence-electron chi connectivity index (χ2n) is 4.94. The number of carbonyl (C=O) groups excluding carboxylic acids is 1. The summed E-state index contributed by atoms with van der Waals surface area (Å²) in [6, 6.07) is 11.0. The van der Waals surface area contributed by atoms with E-state index in [1.807, 2.05) is 24.3 Å². The van der Waals surface area contributed by atoms with Gasteiger partial charge in [-0.05, 0) is 28.8 Å². The van der Waals surface area contributed by atoms with Crippen molar-refractivity contribution in [2.75, 3.05) is 6.54 Å². The molecule has 0 fully saturated rings. The summed E-state index contributed by atoms with van der Waals surface area (Å²) in [5.41, 5.74) is 0.335. The number of carbonyl (C=O) groups is 1. The molecule has 0 saturated heterocycles. The molecule has 0 heterocycles. The summed E-state index contributed by atoms with van der Waals surface area (Å²) < 4.78 is 0. The molecular weight excluding hydrogens is 238 g/mol. The Kier molecular flexibility index (Phi) is 4.05. The van der Waals surface area contributed by atoms with E-state index in [4.69, 9.17) is 0 Å². The van der Waals surface area contributed by atoms with Gasteiger partial charge in [0.15, 0.2) is 0 Å². The fourth-order valence-corrected chi connectivity index (χ4v) is 1.92. The van der Waals surface area contributed by atoms with E-state index in [2.05, 4.69) is 19.2 Å². The molecule has 0 saturated carbocycles. The van der Waals surface area contributed by atoms with Gasteiger partial charge in [0, 0.05) is 6.54 Å². The van der Waals surface area contributed by atoms with Gasteiger partial charge in [-0.15, -0.1) is 0 Å². The van der Waals surface area contributed by atoms with Crippen molar-refractivity contribution in [2.24, 2.45) is 5.92 Å². The molecule has 2 aromatic carbocycles. The van der Waals surface area contributed by atoms with Crippen LogP contribution in [-0.2, 0) is 0 Å². The number of rotatable bonds is 4. The number of hydrogen-bond donors (Lipinski definition) is 2. The van der Waals surface area contributed by atoms with E-state index >= 15 is 0 Å². The van der Waals surface area contributed by atoms with E-state index in [0.29, 0.717) is 18.0 Å². The van der Waals surface area contributed by atoms with Gasteiger partial charge in [-0.2, -0.15) is 0 Å². The van der Waals surface area contributed by atoms with Crippen molar-refractivity contribution in [1.29, 1.82) is 0 Å². The Morgan fingerprint density at radius 1 is 1.26 bits per heavy atom. The molecule has 0 aliphatic heterocycles. The first-order valence-corrected chi connectivity index (χ1v) is 6.61. The molecule has 1 unspecified atom stereocenters. The Bertz CT molecular complexity index is 592. The fourth-order valence-electron chi connectivity index (χ4n) is 1.92. The van der Waals surface area contributed by atoms with Crippen LogP contribution in [0.25, 0.3) is 10.8 Å². The van der Waals surface area contributed by atoms with Gasteiger partial charge < -0.3 is 10.4 Å². The molecule has 3 nitrogen and oxygen atoms in total. The van der Waals surface area contributed by atoms with E-state index in [-0.39, 0.29) is 11.7 Å². The highest BCUT2D eigenvalue weighted by Crippen LogP contribution is 2.24. The molecule has 0 aliphatic carbocycles. The molecule has 19 heavy (non-hydrogen) atoms. The summed E-state index contributed by atoms with van der Waals surface area (Å²) in [5, 5.41) is 14.7. The molecule has 0 aliphatic rings. The van der Waals surface area contributed by atoms with Crippen molar-refractivity contribution < 1.29 is 9.90 Å². The molecule has 3 heteroatoms. The SMILES string of the molecule is CCC(C)CNC(=O)c1cc2ccccc2cc1O. The van der Waals surface area contributed by atoms with Crippen LogP contribution in [0, 0.1) is 5.92 Å². The summed E-state index contributed by atoms with van der Waals surface area (Å²) in [6.45, 7) is 4.80. The normalized spacial score (nSPS) is 12.3. The highest BCUT2D eigenvalue weighted by Gasteiger charge is 2.12. The monoisotopic (exact) mass is 257 g/mol. The van der Waals surface area contributed by atoms with E-state index < -0.39 is 0 Å². The molecule has 0 spiro atoms. The number of nitrogens with one attached hydrogen (secondary N) is 1. The molecule has 100 valence electrons. The molecule has 2 N–H and O–H groups in total. The van der Waals surface area contributed by atoms with Crippen molar-refractivity contribution in [3.63, 3.8) is 0 Å². The number of hydrogen-bond acceptors (Lipinski definition) is 2. The van der Waals surface area contributed by atoms with Crippen LogP contribution in [0.2, 0.25) is 0 Å². The predicted molar refractivity (Wildman–Crippen MR) is 77.4 cm³/mol. The Labute approximate surface area is 113 Å². The van der Waals surface area contributed by atoms with Crippen LogP contribution in [0.15, 0.2) is 36.4 Å². The number of phenols is 1. The smallest absolute Gasteiger partial charge is 0.255 e. The minimum Gasteiger partial charge on any atom is -0.507 e. The third-order valence-electron chi connectivity index (χ3n) is 3.42. The number of benzene rings is 2. The van der Waals surface area contributed by atoms with Gasteiger partial charge in [-0.1, -0.05) is 44.5 Å². The maximum atomic E-state index is 12.1. The van der Waals surface area contributed by atoms with Crippen molar-refractivity contribution in [2.45, 2.75) is 20.3 Å². The lowest BCUT2D eigenvalue weighted by Crippen LogP contribution is -2.28. The zero-order valence-electron chi connectivity index (χ0n) is 11.3. The standard InChI is InChI=1S/C16H19NO2/c1-3-11(2)10-17-16(19)14-8-12-6-4-5-7-13(12)9-15(14)18/h4-9,11,18H,3,10H2,1-2H3,(H,17,19).